The number of thiol groups is 1. The zero-order valence-electron chi connectivity index (χ0n) is 13.3. The first-order valence-electron chi connectivity index (χ1n) is 8.07. The minimum atomic E-state index is 1.05. The Morgan fingerprint density at radius 3 is 2.00 bits per heavy atom. The molecule has 114 valence electrons. The molecule has 0 bridgehead atoms. The van der Waals surface area contributed by atoms with E-state index in [4.69, 9.17) is 0 Å². The van der Waals surface area contributed by atoms with E-state index >= 15 is 0 Å². The summed E-state index contributed by atoms with van der Waals surface area (Å²) in [5.74, 6) is 1.05. The predicted octanol–water partition coefficient (Wildman–Crippen LogP) is 5.09. The summed E-state index contributed by atoms with van der Waals surface area (Å²) in [6, 6.07) is 8.89. The number of benzene rings is 1. The summed E-state index contributed by atoms with van der Waals surface area (Å²) < 4.78 is 0. The summed E-state index contributed by atoms with van der Waals surface area (Å²) in [7, 11) is 2.23. The van der Waals surface area contributed by atoms with E-state index in [9.17, 15) is 0 Å². The number of hydrogen-bond acceptors (Lipinski definition) is 2. The fourth-order valence-corrected chi connectivity index (χ4v) is 2.69. The average molecular weight is 294 g/mol. The van der Waals surface area contributed by atoms with Gasteiger partial charge in [0.15, 0.2) is 0 Å². The van der Waals surface area contributed by atoms with Crippen LogP contribution in [0.15, 0.2) is 24.3 Å². The molecule has 0 radical (unpaired) electrons. The van der Waals surface area contributed by atoms with Gasteiger partial charge in [0, 0.05) is 6.54 Å². The second-order valence-corrected chi connectivity index (χ2v) is 6.37. The van der Waals surface area contributed by atoms with Gasteiger partial charge in [-0.05, 0) is 44.7 Å². The van der Waals surface area contributed by atoms with Crippen LogP contribution in [-0.2, 0) is 6.54 Å². The molecule has 1 rings (SSSR count). The fraction of sp³-hybridized carbons (Fsp3) is 0.667. The maximum Gasteiger partial charge on any atom is 0.0230 e. The molecule has 0 heterocycles. The third-order valence-corrected chi connectivity index (χ3v) is 4.09. The van der Waals surface area contributed by atoms with Crippen molar-refractivity contribution < 1.29 is 0 Å². The molecule has 1 aromatic rings. The van der Waals surface area contributed by atoms with Gasteiger partial charge in [0.25, 0.3) is 0 Å². The highest BCUT2D eigenvalue weighted by Crippen LogP contribution is 2.10. The minimum absolute atomic E-state index is 1.05. The van der Waals surface area contributed by atoms with Crippen LogP contribution >= 0.6 is 12.6 Å². The zero-order chi connectivity index (χ0) is 14.6. The minimum Gasteiger partial charge on any atom is -0.302 e. The van der Waals surface area contributed by atoms with E-state index in [-0.39, 0.29) is 0 Å². The molecule has 0 aliphatic heterocycles. The van der Waals surface area contributed by atoms with Gasteiger partial charge < -0.3 is 4.90 Å². The van der Waals surface area contributed by atoms with Gasteiger partial charge in [-0.15, -0.1) is 0 Å². The number of rotatable bonds is 11. The Morgan fingerprint density at radius 2 is 1.40 bits per heavy atom. The molecule has 0 aromatic heterocycles. The first-order valence-corrected chi connectivity index (χ1v) is 8.70. The van der Waals surface area contributed by atoms with Crippen LogP contribution in [0.1, 0.15) is 56.1 Å². The van der Waals surface area contributed by atoms with Crippen molar-refractivity contribution in [3.05, 3.63) is 35.4 Å². The molecule has 0 spiro atoms. The van der Waals surface area contributed by atoms with Gasteiger partial charge in [0.2, 0.25) is 0 Å². The number of aryl methyl sites for hydroxylation is 1. The molecule has 20 heavy (non-hydrogen) atoms. The van der Waals surface area contributed by atoms with Crippen molar-refractivity contribution in [1.29, 1.82) is 0 Å². The molecule has 1 nitrogen and oxygen atoms in total. The lowest BCUT2D eigenvalue weighted by Gasteiger charge is -2.16. The second kappa shape index (κ2) is 11.2. The first-order chi connectivity index (χ1) is 9.72. The van der Waals surface area contributed by atoms with E-state index in [0.717, 1.165) is 12.3 Å². The molecule has 0 N–H and O–H groups in total. The fourth-order valence-electron chi connectivity index (χ4n) is 2.46. The molecule has 0 aliphatic rings. The van der Waals surface area contributed by atoms with Crippen molar-refractivity contribution >= 4 is 12.6 Å². The quantitative estimate of drug-likeness (QED) is 0.439. The maximum atomic E-state index is 4.24. The monoisotopic (exact) mass is 293 g/mol. The predicted molar refractivity (Wildman–Crippen MR) is 93.7 cm³/mol. The molecule has 0 amide bonds. The van der Waals surface area contributed by atoms with Gasteiger partial charge in [-0.25, -0.2) is 0 Å². The van der Waals surface area contributed by atoms with Crippen molar-refractivity contribution in [2.45, 2.75) is 58.4 Å². The normalized spacial score (nSPS) is 11.2. The first kappa shape index (κ1) is 17.6. The molecular formula is C18H31NS. The van der Waals surface area contributed by atoms with E-state index in [2.05, 4.69) is 55.8 Å². The Labute approximate surface area is 131 Å². The van der Waals surface area contributed by atoms with E-state index < -0.39 is 0 Å². The SMILES string of the molecule is Cc1ccc(CN(C)CCCCCCCCCS)cc1. The smallest absolute Gasteiger partial charge is 0.0230 e. The van der Waals surface area contributed by atoms with Crippen LogP contribution < -0.4 is 0 Å². The van der Waals surface area contributed by atoms with Crippen molar-refractivity contribution in [1.82, 2.24) is 4.90 Å². The largest absolute Gasteiger partial charge is 0.302 e. The molecule has 0 aliphatic carbocycles. The third kappa shape index (κ3) is 8.65. The van der Waals surface area contributed by atoms with Crippen molar-refractivity contribution in [2.24, 2.45) is 0 Å². The summed E-state index contributed by atoms with van der Waals surface area (Å²) in [5.41, 5.74) is 2.76. The lowest BCUT2D eigenvalue weighted by molar-refractivity contribution is 0.316. The van der Waals surface area contributed by atoms with Crippen molar-refractivity contribution in [2.75, 3.05) is 19.3 Å². The Bertz CT molecular complexity index is 334. The highest BCUT2D eigenvalue weighted by atomic mass is 32.1. The van der Waals surface area contributed by atoms with E-state index in [1.54, 1.807) is 0 Å². The Kier molecular flexibility index (Phi) is 9.86. The van der Waals surface area contributed by atoms with Crippen LogP contribution in [0.2, 0.25) is 0 Å². The van der Waals surface area contributed by atoms with Gasteiger partial charge >= 0.3 is 0 Å². The van der Waals surface area contributed by atoms with Crippen LogP contribution in [0.4, 0.5) is 0 Å². The van der Waals surface area contributed by atoms with Crippen molar-refractivity contribution in [3.63, 3.8) is 0 Å². The number of hydrogen-bond donors (Lipinski definition) is 1. The van der Waals surface area contributed by atoms with Crippen molar-refractivity contribution in [3.8, 4) is 0 Å². The summed E-state index contributed by atoms with van der Waals surface area (Å²) in [6.45, 7) is 4.43. The summed E-state index contributed by atoms with van der Waals surface area (Å²) in [6.07, 6.45) is 9.52. The van der Waals surface area contributed by atoms with Crippen LogP contribution in [0.3, 0.4) is 0 Å². The van der Waals surface area contributed by atoms with Gasteiger partial charge in [0.05, 0.1) is 0 Å². The standard InChI is InChI=1S/C18H31NS/c1-17-10-12-18(13-11-17)16-19(2)14-8-6-4-3-5-7-9-15-20/h10-13,20H,3-9,14-16H2,1-2H3. The highest BCUT2D eigenvalue weighted by Gasteiger charge is 2.00. The highest BCUT2D eigenvalue weighted by molar-refractivity contribution is 7.80. The van der Waals surface area contributed by atoms with Gasteiger partial charge in [-0.1, -0.05) is 61.9 Å². The lowest BCUT2D eigenvalue weighted by Crippen LogP contribution is -2.19. The van der Waals surface area contributed by atoms with Crippen LogP contribution in [-0.4, -0.2) is 24.2 Å². The average Bonchev–Trinajstić information content (AvgIpc) is 2.44. The van der Waals surface area contributed by atoms with E-state index in [0.29, 0.717) is 0 Å². The molecule has 0 unspecified atom stereocenters. The third-order valence-electron chi connectivity index (χ3n) is 3.77. The molecule has 0 saturated carbocycles. The lowest BCUT2D eigenvalue weighted by atomic mass is 10.1. The van der Waals surface area contributed by atoms with Crippen LogP contribution in [0.25, 0.3) is 0 Å². The Balaban J connectivity index is 2.00. The molecule has 2 heteroatoms. The van der Waals surface area contributed by atoms with Gasteiger partial charge in [-0.2, -0.15) is 12.6 Å². The maximum absolute atomic E-state index is 4.24. The topological polar surface area (TPSA) is 3.24 Å². The molecule has 1 aromatic carbocycles. The number of unbranched alkanes of at least 4 members (excludes halogenated alkanes) is 6. The molecule has 0 atom stereocenters. The second-order valence-electron chi connectivity index (χ2n) is 5.92. The summed E-state index contributed by atoms with van der Waals surface area (Å²) >= 11 is 4.24. The van der Waals surface area contributed by atoms with Crippen LogP contribution in [0.5, 0.6) is 0 Å². The Morgan fingerprint density at radius 1 is 0.850 bits per heavy atom. The molecular weight excluding hydrogens is 262 g/mol. The van der Waals surface area contributed by atoms with E-state index in [1.165, 1.54) is 62.6 Å². The molecule has 0 saturated heterocycles. The van der Waals surface area contributed by atoms with Gasteiger partial charge in [0.1, 0.15) is 0 Å². The van der Waals surface area contributed by atoms with E-state index in [1.807, 2.05) is 0 Å². The number of nitrogens with zero attached hydrogens (tertiary/aromatic N) is 1. The summed E-state index contributed by atoms with van der Waals surface area (Å²) in [5, 5.41) is 0. The van der Waals surface area contributed by atoms with Crippen LogP contribution in [0, 0.1) is 6.92 Å². The molecule has 0 fully saturated rings. The van der Waals surface area contributed by atoms with Gasteiger partial charge in [-0.3, -0.25) is 0 Å². The summed E-state index contributed by atoms with van der Waals surface area (Å²) in [4.78, 5) is 2.44. The Hall–Kier alpha value is -0.470. The zero-order valence-corrected chi connectivity index (χ0v) is 14.2.